The van der Waals surface area contributed by atoms with Gasteiger partial charge in [-0.1, -0.05) is 6.07 Å². The van der Waals surface area contributed by atoms with Gasteiger partial charge in [0.1, 0.15) is 5.69 Å². The first-order valence-electron chi connectivity index (χ1n) is 6.93. The zero-order valence-corrected chi connectivity index (χ0v) is 12.2. The molecule has 0 spiro atoms. The van der Waals surface area contributed by atoms with Crippen LogP contribution >= 0.6 is 0 Å². The van der Waals surface area contributed by atoms with Crippen LogP contribution in [-0.2, 0) is 9.59 Å². The third kappa shape index (κ3) is 2.78. The first-order chi connectivity index (χ1) is 11.0. The predicted molar refractivity (Wildman–Crippen MR) is 81.4 cm³/mol. The summed E-state index contributed by atoms with van der Waals surface area (Å²) in [5.41, 5.74) is 2.32. The number of hydrogen-bond acceptors (Lipinski definition) is 4. The van der Waals surface area contributed by atoms with Crippen LogP contribution in [0.2, 0.25) is 0 Å². The standard InChI is InChI=1S/C15H14N4O4/c1-7(20)17-8-2-3-9-10(5-13(21)18-12(9)4-8)11-6-16-19-14(11)15(22)23/h2-4,6,10H,5H2,1H3,(H,16,19)(H,17,20)(H,18,21)(H,22,23)/t10-/m1/s1. The Labute approximate surface area is 130 Å². The maximum Gasteiger partial charge on any atom is 0.354 e. The summed E-state index contributed by atoms with van der Waals surface area (Å²) in [6, 6.07) is 5.13. The van der Waals surface area contributed by atoms with E-state index >= 15 is 0 Å². The summed E-state index contributed by atoms with van der Waals surface area (Å²) >= 11 is 0. The molecule has 0 saturated carbocycles. The lowest BCUT2D eigenvalue weighted by molar-refractivity contribution is -0.116. The predicted octanol–water partition coefficient (Wildman–Crippen LogP) is 1.54. The largest absolute Gasteiger partial charge is 0.477 e. The van der Waals surface area contributed by atoms with Gasteiger partial charge in [-0.25, -0.2) is 4.79 Å². The number of nitrogens with zero attached hydrogens (tertiary/aromatic N) is 1. The molecule has 3 rings (SSSR count). The molecular weight excluding hydrogens is 300 g/mol. The summed E-state index contributed by atoms with van der Waals surface area (Å²) in [6.07, 6.45) is 1.56. The summed E-state index contributed by atoms with van der Waals surface area (Å²) in [7, 11) is 0. The molecule has 0 radical (unpaired) electrons. The van der Waals surface area contributed by atoms with Gasteiger partial charge in [-0.2, -0.15) is 5.10 Å². The molecule has 1 aliphatic heterocycles. The molecule has 2 heterocycles. The Hall–Kier alpha value is -3.16. The third-order valence-corrected chi connectivity index (χ3v) is 3.67. The number of aromatic nitrogens is 2. The first-order valence-corrected chi connectivity index (χ1v) is 6.93. The van der Waals surface area contributed by atoms with Gasteiger partial charge in [0.2, 0.25) is 11.8 Å². The van der Waals surface area contributed by atoms with Gasteiger partial charge < -0.3 is 15.7 Å². The number of aromatic amines is 1. The number of carboxylic acid groups (broad SMARTS) is 1. The smallest absolute Gasteiger partial charge is 0.354 e. The normalized spacial score (nSPS) is 16.4. The van der Waals surface area contributed by atoms with Crippen LogP contribution in [0.1, 0.15) is 40.9 Å². The molecule has 0 fully saturated rings. The highest BCUT2D eigenvalue weighted by molar-refractivity contribution is 5.98. The summed E-state index contributed by atoms with van der Waals surface area (Å²) in [5.74, 6) is -1.97. The molecule has 4 N–H and O–H groups in total. The summed E-state index contributed by atoms with van der Waals surface area (Å²) in [4.78, 5) is 34.4. The molecule has 2 amide bonds. The molecule has 1 atom stereocenters. The Balaban J connectivity index is 2.05. The van der Waals surface area contributed by atoms with Gasteiger partial charge in [0.25, 0.3) is 0 Å². The second-order valence-corrected chi connectivity index (χ2v) is 5.29. The maximum atomic E-state index is 12.0. The van der Waals surface area contributed by atoms with Gasteiger partial charge >= 0.3 is 5.97 Å². The number of benzene rings is 1. The highest BCUT2D eigenvalue weighted by Crippen LogP contribution is 2.39. The lowest BCUT2D eigenvalue weighted by Gasteiger charge is -2.26. The van der Waals surface area contributed by atoms with Gasteiger partial charge in [-0.15, -0.1) is 0 Å². The Morgan fingerprint density at radius 1 is 1.35 bits per heavy atom. The number of fused-ring (bicyclic) bond motifs is 1. The zero-order chi connectivity index (χ0) is 16.6. The molecule has 118 valence electrons. The average molecular weight is 314 g/mol. The quantitative estimate of drug-likeness (QED) is 0.684. The van der Waals surface area contributed by atoms with E-state index in [1.54, 1.807) is 18.2 Å². The van der Waals surface area contributed by atoms with Crippen LogP contribution in [0.3, 0.4) is 0 Å². The fourth-order valence-corrected chi connectivity index (χ4v) is 2.75. The van der Waals surface area contributed by atoms with Gasteiger partial charge in [0, 0.05) is 36.2 Å². The number of H-pyrrole nitrogens is 1. The molecule has 0 bridgehead atoms. The SMILES string of the molecule is CC(=O)Nc1ccc2c(c1)NC(=O)C[C@H]2c1cn[nH]c1C(=O)O. The minimum atomic E-state index is -1.13. The Morgan fingerprint density at radius 3 is 2.83 bits per heavy atom. The van der Waals surface area contributed by atoms with Crippen LogP contribution in [-0.4, -0.2) is 33.1 Å². The highest BCUT2D eigenvalue weighted by atomic mass is 16.4. The van der Waals surface area contributed by atoms with Crippen molar-refractivity contribution in [2.75, 3.05) is 10.6 Å². The average Bonchev–Trinajstić information content (AvgIpc) is 2.94. The second-order valence-electron chi connectivity index (χ2n) is 5.29. The zero-order valence-electron chi connectivity index (χ0n) is 12.2. The topological polar surface area (TPSA) is 124 Å². The molecule has 1 aliphatic rings. The van der Waals surface area contributed by atoms with Crippen molar-refractivity contribution in [3.63, 3.8) is 0 Å². The number of amides is 2. The fourth-order valence-electron chi connectivity index (χ4n) is 2.75. The number of anilines is 2. The van der Waals surface area contributed by atoms with Crippen molar-refractivity contribution in [3.05, 3.63) is 41.2 Å². The van der Waals surface area contributed by atoms with Gasteiger partial charge in [0.05, 0.1) is 6.20 Å². The molecule has 0 aliphatic carbocycles. The van der Waals surface area contributed by atoms with Crippen LogP contribution in [0.4, 0.5) is 11.4 Å². The van der Waals surface area contributed by atoms with E-state index in [0.29, 0.717) is 16.9 Å². The Bertz CT molecular complexity index is 812. The molecular formula is C15H14N4O4. The van der Waals surface area contributed by atoms with Crippen LogP contribution in [0.15, 0.2) is 24.4 Å². The Morgan fingerprint density at radius 2 is 2.13 bits per heavy atom. The molecule has 2 aromatic rings. The van der Waals surface area contributed by atoms with Crippen LogP contribution < -0.4 is 10.6 Å². The summed E-state index contributed by atoms with van der Waals surface area (Å²) in [5, 5.41) is 20.8. The van der Waals surface area contributed by atoms with Gasteiger partial charge in [-0.05, 0) is 17.7 Å². The fraction of sp³-hybridized carbons (Fsp3) is 0.200. The maximum absolute atomic E-state index is 12.0. The van der Waals surface area contributed by atoms with Crippen molar-refractivity contribution in [1.82, 2.24) is 10.2 Å². The van der Waals surface area contributed by atoms with Gasteiger partial charge in [0.15, 0.2) is 0 Å². The lowest BCUT2D eigenvalue weighted by Crippen LogP contribution is -2.24. The Kier molecular flexibility index (Phi) is 3.57. The van der Waals surface area contributed by atoms with Gasteiger partial charge in [-0.3, -0.25) is 14.7 Å². The molecule has 0 unspecified atom stereocenters. The van der Waals surface area contributed by atoms with E-state index in [0.717, 1.165) is 5.56 Å². The highest BCUT2D eigenvalue weighted by Gasteiger charge is 2.30. The summed E-state index contributed by atoms with van der Waals surface area (Å²) < 4.78 is 0. The van der Waals surface area contributed by atoms with Crippen molar-refractivity contribution in [3.8, 4) is 0 Å². The number of aromatic carboxylic acids is 1. The molecule has 1 aromatic carbocycles. The number of carbonyl (C=O) groups is 3. The van der Waals surface area contributed by atoms with E-state index in [-0.39, 0.29) is 23.9 Å². The third-order valence-electron chi connectivity index (χ3n) is 3.67. The lowest BCUT2D eigenvalue weighted by atomic mass is 9.84. The monoisotopic (exact) mass is 314 g/mol. The number of carbonyl (C=O) groups excluding carboxylic acids is 2. The van der Waals surface area contributed by atoms with E-state index < -0.39 is 11.9 Å². The molecule has 1 aromatic heterocycles. The van der Waals surface area contributed by atoms with E-state index in [1.165, 1.54) is 13.1 Å². The van der Waals surface area contributed by atoms with Crippen molar-refractivity contribution >= 4 is 29.2 Å². The van der Waals surface area contributed by atoms with Crippen molar-refractivity contribution in [2.45, 2.75) is 19.3 Å². The minimum Gasteiger partial charge on any atom is -0.477 e. The van der Waals surface area contributed by atoms with Crippen molar-refractivity contribution in [2.24, 2.45) is 0 Å². The van der Waals surface area contributed by atoms with Crippen LogP contribution in [0.25, 0.3) is 0 Å². The number of nitrogens with one attached hydrogen (secondary N) is 3. The second kappa shape index (κ2) is 5.56. The molecule has 8 heteroatoms. The van der Waals surface area contributed by atoms with Crippen LogP contribution in [0.5, 0.6) is 0 Å². The number of hydrogen-bond donors (Lipinski definition) is 4. The van der Waals surface area contributed by atoms with E-state index in [4.69, 9.17) is 0 Å². The van der Waals surface area contributed by atoms with E-state index in [9.17, 15) is 19.5 Å². The number of rotatable bonds is 3. The molecule has 8 nitrogen and oxygen atoms in total. The van der Waals surface area contributed by atoms with Crippen molar-refractivity contribution < 1.29 is 19.5 Å². The number of carboxylic acids is 1. The van der Waals surface area contributed by atoms with Crippen LogP contribution in [0, 0.1) is 0 Å². The first kappa shape index (κ1) is 14.8. The molecule has 0 saturated heterocycles. The summed E-state index contributed by atoms with van der Waals surface area (Å²) in [6.45, 7) is 1.39. The van der Waals surface area contributed by atoms with Crippen molar-refractivity contribution in [1.29, 1.82) is 0 Å². The van der Waals surface area contributed by atoms with E-state index in [1.807, 2.05) is 0 Å². The molecule has 23 heavy (non-hydrogen) atoms. The van der Waals surface area contributed by atoms with E-state index in [2.05, 4.69) is 20.8 Å². The minimum absolute atomic E-state index is 0.0263.